The molecular weight excluding hydrogens is 190 g/mol. The average Bonchev–Trinajstić information content (AvgIpc) is 3.02. The number of hydrogen-bond acceptors (Lipinski definition) is 4. The first kappa shape index (κ1) is 9.33. The van der Waals surface area contributed by atoms with Crippen molar-refractivity contribution in [1.29, 1.82) is 0 Å². The monoisotopic (exact) mass is 207 g/mol. The topological polar surface area (TPSA) is 42.2 Å². The fourth-order valence-corrected chi connectivity index (χ4v) is 2.15. The predicted octanol–water partition coefficient (Wildman–Crippen LogP) is 1.93. The van der Waals surface area contributed by atoms with Gasteiger partial charge in [0.15, 0.2) is 5.82 Å². The Kier molecular flexibility index (Phi) is 2.44. The van der Waals surface area contributed by atoms with Crippen molar-refractivity contribution in [3.05, 3.63) is 11.7 Å². The van der Waals surface area contributed by atoms with Crippen LogP contribution < -0.4 is 0 Å². The number of rotatable bonds is 3. The molecule has 0 unspecified atom stereocenters. The number of hydrogen-bond donors (Lipinski definition) is 0. The van der Waals surface area contributed by atoms with Crippen LogP contribution in [0.5, 0.6) is 0 Å². The van der Waals surface area contributed by atoms with E-state index in [4.69, 9.17) is 4.52 Å². The molecule has 1 saturated carbocycles. The van der Waals surface area contributed by atoms with E-state index >= 15 is 0 Å². The van der Waals surface area contributed by atoms with Crippen LogP contribution in [0.1, 0.15) is 49.7 Å². The van der Waals surface area contributed by atoms with Crippen molar-refractivity contribution >= 4 is 0 Å². The molecule has 0 radical (unpaired) electrons. The Balaban J connectivity index is 1.60. The number of aromatic nitrogens is 2. The largest absolute Gasteiger partial charge is 0.338 e. The molecule has 1 saturated heterocycles. The third-order valence-electron chi connectivity index (χ3n) is 3.23. The van der Waals surface area contributed by atoms with Gasteiger partial charge in [0.25, 0.3) is 0 Å². The van der Waals surface area contributed by atoms with Crippen molar-refractivity contribution < 1.29 is 4.52 Å². The number of piperidine rings is 1. The van der Waals surface area contributed by atoms with E-state index in [1.165, 1.54) is 45.2 Å². The first-order chi connectivity index (χ1) is 7.42. The van der Waals surface area contributed by atoms with Gasteiger partial charge in [-0.3, -0.25) is 4.90 Å². The van der Waals surface area contributed by atoms with Crippen LogP contribution in [0.3, 0.4) is 0 Å². The van der Waals surface area contributed by atoms with E-state index in [1.807, 2.05) is 0 Å². The van der Waals surface area contributed by atoms with Crippen LogP contribution in [-0.4, -0.2) is 28.1 Å². The second-order valence-electron chi connectivity index (χ2n) is 4.66. The molecule has 15 heavy (non-hydrogen) atoms. The summed E-state index contributed by atoms with van der Waals surface area (Å²) in [5.41, 5.74) is 0. The minimum Gasteiger partial charge on any atom is -0.338 e. The zero-order valence-electron chi connectivity index (χ0n) is 8.98. The summed E-state index contributed by atoms with van der Waals surface area (Å²) in [5.74, 6) is 2.34. The van der Waals surface area contributed by atoms with Crippen molar-refractivity contribution in [2.45, 2.75) is 44.6 Å². The lowest BCUT2D eigenvalue weighted by molar-refractivity contribution is 0.193. The molecule has 3 rings (SSSR count). The highest BCUT2D eigenvalue weighted by atomic mass is 16.5. The van der Waals surface area contributed by atoms with E-state index in [0.717, 1.165) is 18.3 Å². The molecule has 1 aliphatic heterocycles. The summed E-state index contributed by atoms with van der Waals surface area (Å²) in [4.78, 5) is 6.86. The first-order valence-corrected chi connectivity index (χ1v) is 5.96. The Labute approximate surface area is 89.6 Å². The minimum atomic E-state index is 0.601. The van der Waals surface area contributed by atoms with Crippen LogP contribution in [-0.2, 0) is 6.54 Å². The molecule has 2 aliphatic rings. The number of nitrogens with zero attached hydrogens (tertiary/aromatic N) is 3. The van der Waals surface area contributed by atoms with Gasteiger partial charge in [-0.15, -0.1) is 0 Å². The highest BCUT2D eigenvalue weighted by Gasteiger charge is 2.29. The minimum absolute atomic E-state index is 0.601. The van der Waals surface area contributed by atoms with Crippen LogP contribution in [0, 0.1) is 0 Å². The summed E-state index contributed by atoms with van der Waals surface area (Å²) in [6.07, 6.45) is 6.46. The normalized spacial score (nSPS) is 23.2. The Bertz CT molecular complexity index is 326. The van der Waals surface area contributed by atoms with Gasteiger partial charge >= 0.3 is 0 Å². The molecule has 0 aromatic carbocycles. The van der Waals surface area contributed by atoms with Gasteiger partial charge in [-0.1, -0.05) is 11.6 Å². The van der Waals surface area contributed by atoms with Crippen molar-refractivity contribution in [3.8, 4) is 0 Å². The van der Waals surface area contributed by atoms with E-state index in [1.54, 1.807) is 0 Å². The Hall–Kier alpha value is -0.900. The summed E-state index contributed by atoms with van der Waals surface area (Å²) in [5, 5.41) is 4.03. The average molecular weight is 207 g/mol. The third kappa shape index (κ3) is 2.20. The van der Waals surface area contributed by atoms with Gasteiger partial charge in [0.2, 0.25) is 5.89 Å². The SMILES string of the molecule is C1CCN(Cc2nc(C3CC3)no2)CC1. The predicted molar refractivity (Wildman–Crippen MR) is 55.4 cm³/mol. The second-order valence-corrected chi connectivity index (χ2v) is 4.66. The van der Waals surface area contributed by atoms with Gasteiger partial charge in [-0.05, 0) is 38.8 Å². The van der Waals surface area contributed by atoms with Crippen molar-refractivity contribution in [1.82, 2.24) is 15.0 Å². The zero-order chi connectivity index (χ0) is 10.1. The van der Waals surface area contributed by atoms with Gasteiger partial charge in [0.1, 0.15) is 0 Å². The molecule has 0 spiro atoms. The van der Waals surface area contributed by atoms with Crippen molar-refractivity contribution in [3.63, 3.8) is 0 Å². The molecule has 1 aliphatic carbocycles. The van der Waals surface area contributed by atoms with Crippen LogP contribution in [0.15, 0.2) is 4.52 Å². The van der Waals surface area contributed by atoms with Crippen LogP contribution in [0.25, 0.3) is 0 Å². The van der Waals surface area contributed by atoms with E-state index in [2.05, 4.69) is 15.0 Å². The molecule has 2 fully saturated rings. The fourth-order valence-electron chi connectivity index (χ4n) is 2.15. The molecule has 1 aromatic heterocycles. The summed E-state index contributed by atoms with van der Waals surface area (Å²) < 4.78 is 5.27. The Morgan fingerprint density at radius 2 is 2.00 bits per heavy atom. The van der Waals surface area contributed by atoms with Crippen molar-refractivity contribution in [2.24, 2.45) is 0 Å². The van der Waals surface area contributed by atoms with Gasteiger partial charge in [0, 0.05) is 5.92 Å². The van der Waals surface area contributed by atoms with Gasteiger partial charge in [0.05, 0.1) is 6.54 Å². The van der Waals surface area contributed by atoms with Gasteiger partial charge < -0.3 is 4.52 Å². The van der Waals surface area contributed by atoms with E-state index in [0.29, 0.717) is 5.92 Å². The van der Waals surface area contributed by atoms with Crippen LogP contribution >= 0.6 is 0 Å². The van der Waals surface area contributed by atoms with Gasteiger partial charge in [-0.25, -0.2) is 0 Å². The molecule has 0 N–H and O–H groups in total. The Morgan fingerprint density at radius 1 is 1.20 bits per heavy atom. The lowest BCUT2D eigenvalue weighted by Crippen LogP contribution is -2.29. The summed E-state index contributed by atoms with van der Waals surface area (Å²) >= 11 is 0. The maximum Gasteiger partial charge on any atom is 0.240 e. The summed E-state index contributed by atoms with van der Waals surface area (Å²) in [7, 11) is 0. The molecule has 82 valence electrons. The Morgan fingerprint density at radius 3 is 2.73 bits per heavy atom. The van der Waals surface area contributed by atoms with E-state index < -0.39 is 0 Å². The molecule has 0 atom stereocenters. The quantitative estimate of drug-likeness (QED) is 0.759. The molecule has 0 amide bonds. The lowest BCUT2D eigenvalue weighted by Gasteiger charge is -2.24. The smallest absolute Gasteiger partial charge is 0.240 e. The molecule has 4 nitrogen and oxygen atoms in total. The van der Waals surface area contributed by atoms with E-state index in [-0.39, 0.29) is 0 Å². The molecule has 1 aromatic rings. The second kappa shape index (κ2) is 3.93. The maximum atomic E-state index is 5.27. The molecule has 4 heteroatoms. The number of likely N-dealkylation sites (tertiary alicyclic amines) is 1. The molecule has 2 heterocycles. The highest BCUT2D eigenvalue weighted by molar-refractivity contribution is 5.03. The maximum absolute atomic E-state index is 5.27. The first-order valence-electron chi connectivity index (χ1n) is 5.96. The van der Waals surface area contributed by atoms with Crippen LogP contribution in [0.2, 0.25) is 0 Å². The van der Waals surface area contributed by atoms with Crippen molar-refractivity contribution in [2.75, 3.05) is 13.1 Å². The lowest BCUT2D eigenvalue weighted by atomic mass is 10.1. The van der Waals surface area contributed by atoms with Crippen LogP contribution in [0.4, 0.5) is 0 Å². The zero-order valence-corrected chi connectivity index (χ0v) is 8.98. The molecular formula is C11H17N3O. The third-order valence-corrected chi connectivity index (χ3v) is 3.23. The fraction of sp³-hybridized carbons (Fsp3) is 0.818. The van der Waals surface area contributed by atoms with E-state index in [9.17, 15) is 0 Å². The summed E-state index contributed by atoms with van der Waals surface area (Å²) in [6.45, 7) is 3.21. The molecule has 0 bridgehead atoms. The standard InChI is InChI=1S/C11H17N3O/c1-2-6-14(7-3-1)8-10-12-11(13-15-10)9-4-5-9/h9H,1-8H2. The van der Waals surface area contributed by atoms with Gasteiger partial charge in [-0.2, -0.15) is 4.98 Å². The highest BCUT2D eigenvalue weighted by Crippen LogP contribution is 2.38. The summed E-state index contributed by atoms with van der Waals surface area (Å²) in [6, 6.07) is 0.